The molecule has 1 N–H and O–H groups in total. The van der Waals surface area contributed by atoms with E-state index >= 15 is 0 Å². The molecule has 1 aliphatic rings. The molecule has 2 aromatic rings. The third-order valence-electron chi connectivity index (χ3n) is 5.30. The Bertz CT molecular complexity index is 1000. The van der Waals surface area contributed by atoms with E-state index in [1.807, 2.05) is 12.1 Å². The predicted octanol–water partition coefficient (Wildman–Crippen LogP) is 4.99. The number of hydrogen-bond acceptors (Lipinski definition) is 6. The number of carbonyl (C=O) groups excluding carboxylic acids is 3. The number of nitrogens with one attached hydrogen (secondary N) is 1. The SMILES string of the molecule is CCOC(=O)c1c(NC(=O)c2ccc(C(C)(C)C)cc2)sc2c1CCN(C(=O)OCC)C2. The zero-order chi connectivity index (χ0) is 23.5. The average Bonchev–Trinajstić information content (AvgIpc) is 3.10. The van der Waals surface area contributed by atoms with Crippen LogP contribution in [0.25, 0.3) is 0 Å². The summed E-state index contributed by atoms with van der Waals surface area (Å²) in [7, 11) is 0. The lowest BCUT2D eigenvalue weighted by Crippen LogP contribution is -2.36. The summed E-state index contributed by atoms with van der Waals surface area (Å²) in [4.78, 5) is 40.3. The maximum Gasteiger partial charge on any atom is 0.410 e. The first-order valence-electron chi connectivity index (χ1n) is 10.8. The lowest BCUT2D eigenvalue weighted by molar-refractivity contribution is 0.0526. The van der Waals surface area contributed by atoms with Crippen molar-refractivity contribution in [1.29, 1.82) is 0 Å². The molecule has 3 rings (SSSR count). The lowest BCUT2D eigenvalue weighted by Gasteiger charge is -2.26. The highest BCUT2D eigenvalue weighted by Gasteiger charge is 2.31. The molecule has 0 saturated carbocycles. The highest BCUT2D eigenvalue weighted by molar-refractivity contribution is 7.17. The van der Waals surface area contributed by atoms with Gasteiger partial charge in [0.25, 0.3) is 5.91 Å². The predicted molar refractivity (Wildman–Crippen MR) is 125 cm³/mol. The third-order valence-corrected chi connectivity index (χ3v) is 6.43. The highest BCUT2D eigenvalue weighted by Crippen LogP contribution is 2.38. The quantitative estimate of drug-likeness (QED) is 0.638. The summed E-state index contributed by atoms with van der Waals surface area (Å²) in [5, 5.41) is 3.34. The van der Waals surface area contributed by atoms with Gasteiger partial charge in [-0.2, -0.15) is 0 Å². The fourth-order valence-electron chi connectivity index (χ4n) is 3.58. The molecule has 0 atom stereocenters. The van der Waals surface area contributed by atoms with Gasteiger partial charge in [0.2, 0.25) is 0 Å². The summed E-state index contributed by atoms with van der Waals surface area (Å²) in [6, 6.07) is 7.46. The van der Waals surface area contributed by atoms with E-state index in [-0.39, 0.29) is 24.0 Å². The topological polar surface area (TPSA) is 84.9 Å². The molecule has 0 unspecified atom stereocenters. The fourth-order valence-corrected chi connectivity index (χ4v) is 4.82. The Balaban J connectivity index is 1.88. The van der Waals surface area contributed by atoms with Crippen molar-refractivity contribution in [2.75, 3.05) is 25.1 Å². The lowest BCUT2D eigenvalue weighted by atomic mass is 9.87. The molecule has 1 aromatic heterocycles. The van der Waals surface area contributed by atoms with Crippen molar-refractivity contribution >= 4 is 34.3 Å². The van der Waals surface area contributed by atoms with E-state index in [1.165, 1.54) is 11.3 Å². The van der Waals surface area contributed by atoms with Gasteiger partial charge in [0, 0.05) is 17.0 Å². The van der Waals surface area contributed by atoms with Gasteiger partial charge in [-0.05, 0) is 48.9 Å². The van der Waals surface area contributed by atoms with Gasteiger partial charge >= 0.3 is 12.1 Å². The normalized spacial score (nSPS) is 13.3. The Morgan fingerprint density at radius 1 is 1.06 bits per heavy atom. The molecular formula is C24H30N2O5S. The Kier molecular flexibility index (Phi) is 7.23. The van der Waals surface area contributed by atoms with E-state index in [4.69, 9.17) is 9.47 Å². The molecule has 0 fully saturated rings. The first-order chi connectivity index (χ1) is 15.2. The fraction of sp³-hybridized carbons (Fsp3) is 0.458. The zero-order valence-corrected chi connectivity index (χ0v) is 20.1. The van der Waals surface area contributed by atoms with Crippen molar-refractivity contribution in [2.45, 2.75) is 53.0 Å². The molecule has 0 saturated heterocycles. The second-order valence-corrected chi connectivity index (χ2v) is 9.69. The Morgan fingerprint density at radius 2 is 1.72 bits per heavy atom. The van der Waals surface area contributed by atoms with E-state index in [9.17, 15) is 14.4 Å². The van der Waals surface area contributed by atoms with Gasteiger partial charge < -0.3 is 19.7 Å². The molecule has 1 aromatic carbocycles. The molecule has 32 heavy (non-hydrogen) atoms. The molecular weight excluding hydrogens is 428 g/mol. The van der Waals surface area contributed by atoms with E-state index < -0.39 is 5.97 Å². The summed E-state index contributed by atoms with van der Waals surface area (Å²) >= 11 is 1.30. The molecule has 2 amide bonds. The van der Waals surface area contributed by atoms with Gasteiger partial charge in [-0.3, -0.25) is 4.79 Å². The van der Waals surface area contributed by atoms with Gasteiger partial charge in [-0.1, -0.05) is 32.9 Å². The van der Waals surface area contributed by atoms with Gasteiger partial charge in [-0.15, -0.1) is 11.3 Å². The van der Waals surface area contributed by atoms with Crippen molar-refractivity contribution < 1.29 is 23.9 Å². The number of amides is 2. The van der Waals surface area contributed by atoms with E-state index in [2.05, 4.69) is 26.1 Å². The molecule has 0 spiro atoms. The Labute approximate surface area is 192 Å². The van der Waals surface area contributed by atoms with Gasteiger partial charge in [0.15, 0.2) is 0 Å². The molecule has 0 aliphatic carbocycles. The Hall–Kier alpha value is -2.87. The maximum atomic E-state index is 12.9. The monoisotopic (exact) mass is 458 g/mol. The number of hydrogen-bond donors (Lipinski definition) is 1. The van der Waals surface area contributed by atoms with Crippen LogP contribution in [0.3, 0.4) is 0 Å². The molecule has 0 radical (unpaired) electrons. The van der Waals surface area contributed by atoms with E-state index in [0.717, 1.165) is 16.0 Å². The highest BCUT2D eigenvalue weighted by atomic mass is 32.1. The van der Waals surface area contributed by atoms with Crippen molar-refractivity contribution in [3.8, 4) is 0 Å². The number of benzene rings is 1. The number of anilines is 1. The molecule has 172 valence electrons. The number of carbonyl (C=O) groups is 3. The first kappa shape index (κ1) is 23.8. The van der Waals surface area contributed by atoms with Crippen LogP contribution >= 0.6 is 11.3 Å². The van der Waals surface area contributed by atoms with Crippen LogP contribution in [0.2, 0.25) is 0 Å². The van der Waals surface area contributed by atoms with Crippen LogP contribution in [0.1, 0.15) is 71.3 Å². The van der Waals surface area contributed by atoms with E-state index in [1.54, 1.807) is 30.9 Å². The largest absolute Gasteiger partial charge is 0.462 e. The van der Waals surface area contributed by atoms with Crippen LogP contribution in [0.5, 0.6) is 0 Å². The first-order valence-corrected chi connectivity index (χ1v) is 11.6. The van der Waals surface area contributed by atoms with Crippen LogP contribution in [0.4, 0.5) is 9.80 Å². The average molecular weight is 459 g/mol. The molecule has 1 aliphatic heterocycles. The molecule has 0 bridgehead atoms. The molecule has 2 heterocycles. The number of fused-ring (bicyclic) bond motifs is 1. The smallest absolute Gasteiger partial charge is 0.410 e. The van der Waals surface area contributed by atoms with Crippen LogP contribution in [0.15, 0.2) is 24.3 Å². The zero-order valence-electron chi connectivity index (χ0n) is 19.2. The van der Waals surface area contributed by atoms with Gasteiger partial charge in [-0.25, -0.2) is 9.59 Å². The second-order valence-electron chi connectivity index (χ2n) is 8.58. The minimum Gasteiger partial charge on any atom is -0.462 e. The number of esters is 1. The summed E-state index contributed by atoms with van der Waals surface area (Å²) in [6.07, 6.45) is 0.114. The third kappa shape index (κ3) is 5.12. The number of nitrogens with zero attached hydrogens (tertiary/aromatic N) is 1. The summed E-state index contributed by atoms with van der Waals surface area (Å²) in [5.41, 5.74) is 2.84. The van der Waals surface area contributed by atoms with Crippen LogP contribution < -0.4 is 5.32 Å². The van der Waals surface area contributed by atoms with Crippen molar-refractivity contribution in [3.05, 3.63) is 51.4 Å². The van der Waals surface area contributed by atoms with Crippen molar-refractivity contribution in [2.24, 2.45) is 0 Å². The van der Waals surface area contributed by atoms with Crippen molar-refractivity contribution in [1.82, 2.24) is 4.90 Å². The summed E-state index contributed by atoms with van der Waals surface area (Å²) < 4.78 is 10.4. The van der Waals surface area contributed by atoms with Gasteiger partial charge in [0.1, 0.15) is 5.00 Å². The minimum atomic E-state index is -0.465. The van der Waals surface area contributed by atoms with Gasteiger partial charge in [0.05, 0.1) is 25.3 Å². The summed E-state index contributed by atoms with van der Waals surface area (Å²) in [5.74, 6) is -0.759. The number of ether oxygens (including phenoxy) is 2. The van der Waals surface area contributed by atoms with E-state index in [0.29, 0.717) is 42.2 Å². The Morgan fingerprint density at radius 3 is 2.31 bits per heavy atom. The second kappa shape index (κ2) is 9.73. The number of thiophene rings is 1. The minimum absolute atomic E-state index is 0.0102. The van der Waals surface area contributed by atoms with Crippen LogP contribution in [0, 0.1) is 0 Å². The molecule has 7 nitrogen and oxygen atoms in total. The molecule has 8 heteroatoms. The summed E-state index contributed by atoms with van der Waals surface area (Å²) in [6.45, 7) is 11.2. The van der Waals surface area contributed by atoms with Crippen LogP contribution in [-0.4, -0.2) is 42.6 Å². The standard InChI is InChI=1S/C24H30N2O5S/c1-6-30-22(28)19-17-12-13-26(23(29)31-7-2)14-18(17)32-21(19)25-20(27)15-8-10-16(11-9-15)24(3,4)5/h8-11H,6-7,12-14H2,1-5H3,(H,25,27). The maximum absolute atomic E-state index is 12.9. The number of rotatable bonds is 5. The van der Waals surface area contributed by atoms with Crippen molar-refractivity contribution in [3.63, 3.8) is 0 Å². The van der Waals surface area contributed by atoms with Crippen LogP contribution in [-0.2, 0) is 27.9 Å².